The van der Waals surface area contributed by atoms with Crippen molar-refractivity contribution in [1.82, 2.24) is 9.88 Å². The van der Waals surface area contributed by atoms with Crippen LogP contribution in [0, 0.1) is 5.92 Å². The largest absolute Gasteiger partial charge is 0.326 e. The van der Waals surface area contributed by atoms with Crippen LogP contribution >= 0.6 is 0 Å². The fraction of sp³-hybridized carbons (Fsp3) is 0.615. The Bertz CT molecular complexity index is 308. The van der Waals surface area contributed by atoms with Crippen molar-refractivity contribution in [2.75, 3.05) is 20.1 Å². The summed E-state index contributed by atoms with van der Waals surface area (Å²) in [5.74, 6) is 0.789. The van der Waals surface area contributed by atoms with Gasteiger partial charge < -0.3 is 10.6 Å². The molecule has 0 bridgehead atoms. The molecule has 1 fully saturated rings. The van der Waals surface area contributed by atoms with Crippen LogP contribution in [0.3, 0.4) is 0 Å². The van der Waals surface area contributed by atoms with Crippen molar-refractivity contribution in [1.29, 1.82) is 0 Å². The van der Waals surface area contributed by atoms with Gasteiger partial charge in [0.05, 0.1) is 0 Å². The van der Waals surface area contributed by atoms with Gasteiger partial charge in [0.2, 0.25) is 0 Å². The third kappa shape index (κ3) is 3.58. The minimum Gasteiger partial charge on any atom is -0.326 e. The van der Waals surface area contributed by atoms with Crippen LogP contribution in [0.2, 0.25) is 0 Å². The van der Waals surface area contributed by atoms with Crippen LogP contribution in [-0.2, 0) is 6.42 Å². The van der Waals surface area contributed by atoms with Gasteiger partial charge >= 0.3 is 0 Å². The Hall–Kier alpha value is -0.930. The second-order valence-corrected chi connectivity index (χ2v) is 4.83. The van der Waals surface area contributed by atoms with E-state index in [0.717, 1.165) is 31.1 Å². The Morgan fingerprint density at radius 3 is 2.94 bits per heavy atom. The first kappa shape index (κ1) is 11.6. The molecular formula is C13H21N3. The first-order chi connectivity index (χ1) is 7.75. The molecule has 1 unspecified atom stereocenters. The zero-order chi connectivity index (χ0) is 11.4. The van der Waals surface area contributed by atoms with Crippen LogP contribution in [-0.4, -0.2) is 36.1 Å². The van der Waals surface area contributed by atoms with E-state index in [1.807, 2.05) is 18.3 Å². The first-order valence-electron chi connectivity index (χ1n) is 6.10. The van der Waals surface area contributed by atoms with Crippen molar-refractivity contribution < 1.29 is 0 Å². The van der Waals surface area contributed by atoms with Crippen molar-refractivity contribution >= 4 is 0 Å². The first-order valence-corrected chi connectivity index (χ1v) is 6.10. The molecule has 0 aliphatic heterocycles. The SMILES string of the molecule is CN(CCc1ccccn1)CC(N)C1CC1. The van der Waals surface area contributed by atoms with Crippen LogP contribution in [0.4, 0.5) is 0 Å². The van der Waals surface area contributed by atoms with E-state index in [1.54, 1.807) is 0 Å². The number of hydrogen-bond acceptors (Lipinski definition) is 3. The lowest BCUT2D eigenvalue weighted by Gasteiger charge is -2.20. The smallest absolute Gasteiger partial charge is 0.0416 e. The van der Waals surface area contributed by atoms with Gasteiger partial charge in [-0.15, -0.1) is 0 Å². The Balaban J connectivity index is 1.69. The van der Waals surface area contributed by atoms with Gasteiger partial charge in [-0.05, 0) is 37.9 Å². The molecule has 88 valence electrons. The molecule has 1 aliphatic carbocycles. The molecular weight excluding hydrogens is 198 g/mol. The molecule has 0 saturated heterocycles. The summed E-state index contributed by atoms with van der Waals surface area (Å²) in [6.07, 6.45) is 5.52. The molecule has 3 nitrogen and oxygen atoms in total. The second-order valence-electron chi connectivity index (χ2n) is 4.83. The minimum atomic E-state index is 0.369. The van der Waals surface area contributed by atoms with Crippen LogP contribution in [0.25, 0.3) is 0 Å². The Morgan fingerprint density at radius 2 is 2.31 bits per heavy atom. The highest BCUT2D eigenvalue weighted by Crippen LogP contribution is 2.31. The van der Waals surface area contributed by atoms with Crippen molar-refractivity contribution in [3.05, 3.63) is 30.1 Å². The van der Waals surface area contributed by atoms with Gasteiger partial charge in [-0.3, -0.25) is 4.98 Å². The summed E-state index contributed by atoms with van der Waals surface area (Å²) in [5.41, 5.74) is 7.25. The molecule has 0 aromatic carbocycles. The maximum absolute atomic E-state index is 6.09. The van der Waals surface area contributed by atoms with Gasteiger partial charge in [0.1, 0.15) is 0 Å². The molecule has 16 heavy (non-hydrogen) atoms. The highest BCUT2D eigenvalue weighted by Gasteiger charge is 2.28. The summed E-state index contributed by atoms with van der Waals surface area (Å²) in [4.78, 5) is 6.64. The lowest BCUT2D eigenvalue weighted by molar-refractivity contribution is 0.302. The number of likely N-dealkylation sites (N-methyl/N-ethyl adjacent to an activating group) is 1. The number of hydrogen-bond donors (Lipinski definition) is 1. The monoisotopic (exact) mass is 219 g/mol. The molecule has 1 atom stereocenters. The van der Waals surface area contributed by atoms with E-state index in [-0.39, 0.29) is 0 Å². The van der Waals surface area contributed by atoms with Gasteiger partial charge in [0.25, 0.3) is 0 Å². The van der Waals surface area contributed by atoms with Crippen LogP contribution < -0.4 is 5.73 Å². The molecule has 1 aromatic heterocycles. The molecule has 1 saturated carbocycles. The molecule has 1 aromatic rings. The van der Waals surface area contributed by atoms with Crippen molar-refractivity contribution in [3.8, 4) is 0 Å². The standard InChI is InChI=1S/C13H21N3/c1-16(10-13(14)11-5-6-11)9-7-12-4-2-3-8-15-12/h2-4,8,11,13H,5-7,9-10,14H2,1H3. The van der Waals surface area contributed by atoms with E-state index in [1.165, 1.54) is 12.8 Å². The number of aromatic nitrogens is 1. The average Bonchev–Trinajstić information content (AvgIpc) is 3.11. The maximum atomic E-state index is 6.09. The highest BCUT2D eigenvalue weighted by molar-refractivity contribution is 5.03. The topological polar surface area (TPSA) is 42.2 Å². The summed E-state index contributed by atoms with van der Waals surface area (Å²) < 4.78 is 0. The number of rotatable bonds is 6. The summed E-state index contributed by atoms with van der Waals surface area (Å²) in [6, 6.07) is 6.44. The van der Waals surface area contributed by atoms with E-state index in [0.29, 0.717) is 6.04 Å². The van der Waals surface area contributed by atoms with Crippen LogP contribution in [0.5, 0.6) is 0 Å². The maximum Gasteiger partial charge on any atom is 0.0416 e. The zero-order valence-electron chi connectivity index (χ0n) is 9.97. The predicted octanol–water partition coefficient (Wildman–Crippen LogP) is 1.29. The summed E-state index contributed by atoms with van der Waals surface area (Å²) in [7, 11) is 2.14. The summed E-state index contributed by atoms with van der Waals surface area (Å²) >= 11 is 0. The zero-order valence-corrected chi connectivity index (χ0v) is 9.97. The molecule has 1 aliphatic rings. The number of nitrogens with two attached hydrogens (primary N) is 1. The van der Waals surface area contributed by atoms with Crippen molar-refractivity contribution in [2.24, 2.45) is 11.7 Å². The fourth-order valence-electron chi connectivity index (χ4n) is 1.98. The lowest BCUT2D eigenvalue weighted by Crippen LogP contribution is -2.37. The molecule has 0 amide bonds. The van der Waals surface area contributed by atoms with Crippen molar-refractivity contribution in [3.63, 3.8) is 0 Å². The third-order valence-electron chi connectivity index (χ3n) is 3.23. The normalized spacial score (nSPS) is 17.7. The van der Waals surface area contributed by atoms with E-state index < -0.39 is 0 Å². The van der Waals surface area contributed by atoms with Gasteiger partial charge in [-0.1, -0.05) is 6.07 Å². The highest BCUT2D eigenvalue weighted by atomic mass is 15.1. The third-order valence-corrected chi connectivity index (χ3v) is 3.23. The van der Waals surface area contributed by atoms with Gasteiger partial charge in [0.15, 0.2) is 0 Å². The van der Waals surface area contributed by atoms with E-state index in [2.05, 4.69) is 23.0 Å². The molecule has 2 rings (SSSR count). The molecule has 0 radical (unpaired) electrons. The predicted molar refractivity (Wildman–Crippen MR) is 66.1 cm³/mol. The van der Waals surface area contributed by atoms with E-state index in [9.17, 15) is 0 Å². The minimum absolute atomic E-state index is 0.369. The Morgan fingerprint density at radius 1 is 1.50 bits per heavy atom. The van der Waals surface area contributed by atoms with Gasteiger partial charge in [0, 0.05) is 37.4 Å². The van der Waals surface area contributed by atoms with E-state index in [4.69, 9.17) is 5.73 Å². The fourth-order valence-corrected chi connectivity index (χ4v) is 1.98. The number of pyridine rings is 1. The van der Waals surface area contributed by atoms with Crippen molar-refractivity contribution in [2.45, 2.75) is 25.3 Å². The average molecular weight is 219 g/mol. The lowest BCUT2D eigenvalue weighted by atomic mass is 10.2. The Labute approximate surface area is 97.7 Å². The summed E-state index contributed by atoms with van der Waals surface area (Å²) in [6.45, 7) is 2.05. The second kappa shape index (κ2) is 5.41. The Kier molecular flexibility index (Phi) is 3.91. The van der Waals surface area contributed by atoms with Crippen LogP contribution in [0.15, 0.2) is 24.4 Å². The van der Waals surface area contributed by atoms with Gasteiger partial charge in [-0.25, -0.2) is 0 Å². The summed E-state index contributed by atoms with van der Waals surface area (Å²) in [5, 5.41) is 0. The van der Waals surface area contributed by atoms with Crippen LogP contribution in [0.1, 0.15) is 18.5 Å². The quantitative estimate of drug-likeness (QED) is 0.784. The van der Waals surface area contributed by atoms with Gasteiger partial charge in [-0.2, -0.15) is 0 Å². The van der Waals surface area contributed by atoms with E-state index >= 15 is 0 Å². The molecule has 1 heterocycles. The molecule has 0 spiro atoms. The number of nitrogens with zero attached hydrogens (tertiary/aromatic N) is 2. The molecule has 3 heteroatoms. The molecule has 2 N–H and O–H groups in total.